The third-order valence-corrected chi connectivity index (χ3v) is 7.68. The largest absolute Gasteiger partial charge is 0.241 e. The lowest BCUT2D eigenvalue weighted by Crippen LogP contribution is -2.16. The van der Waals surface area contributed by atoms with E-state index in [-0.39, 0.29) is 10.0 Å². The van der Waals surface area contributed by atoms with Crippen molar-refractivity contribution in [2.75, 3.05) is 23.0 Å². The Morgan fingerprint density at radius 1 is 0.500 bits per heavy atom. The zero-order valence-electron chi connectivity index (χ0n) is 6.77. The smallest absolute Gasteiger partial charge is 0.0227 e. The van der Waals surface area contributed by atoms with Crippen LogP contribution in [0.2, 0.25) is 0 Å². The monoisotopic (exact) mass is 158 g/mol. The standard InChI is InChI=1S/C9H18S/c1-2-6-10(7-3-1)8-4-5-9-10/h1-9H2. The Morgan fingerprint density at radius 2 is 0.900 bits per heavy atom. The van der Waals surface area contributed by atoms with Gasteiger partial charge in [-0.25, -0.2) is 10.0 Å². The second-order valence-electron chi connectivity index (χ2n) is 3.81. The summed E-state index contributed by atoms with van der Waals surface area (Å²) in [5.74, 6) is 6.58. The second-order valence-corrected chi connectivity index (χ2v) is 7.89. The highest BCUT2D eigenvalue weighted by atomic mass is 32.3. The Kier molecular flexibility index (Phi) is 1.94. The molecule has 1 spiro atoms. The first kappa shape index (κ1) is 7.02. The van der Waals surface area contributed by atoms with Crippen LogP contribution in [0.5, 0.6) is 0 Å². The van der Waals surface area contributed by atoms with E-state index in [4.69, 9.17) is 0 Å². The predicted octanol–water partition coefficient (Wildman–Crippen LogP) is 2.77. The van der Waals surface area contributed by atoms with Crippen molar-refractivity contribution in [3.8, 4) is 0 Å². The minimum Gasteiger partial charge on any atom is -0.241 e. The fourth-order valence-corrected chi connectivity index (χ4v) is 6.91. The summed E-state index contributed by atoms with van der Waals surface area (Å²) < 4.78 is 0. The molecular weight excluding hydrogens is 140 g/mol. The molecule has 0 aromatic carbocycles. The summed E-state index contributed by atoms with van der Waals surface area (Å²) in [6.07, 6.45) is 7.80. The van der Waals surface area contributed by atoms with Crippen molar-refractivity contribution >= 4 is 10.0 Å². The fourth-order valence-electron chi connectivity index (χ4n) is 2.42. The summed E-state index contributed by atoms with van der Waals surface area (Å²) >= 11 is 0. The normalized spacial score (nSPS) is 34.4. The summed E-state index contributed by atoms with van der Waals surface area (Å²) in [6.45, 7) is 0. The van der Waals surface area contributed by atoms with Gasteiger partial charge in [0, 0.05) is 0 Å². The molecule has 2 rings (SSSR count). The first-order valence-electron chi connectivity index (χ1n) is 4.65. The number of hydrogen-bond acceptors (Lipinski definition) is 0. The van der Waals surface area contributed by atoms with Gasteiger partial charge in [-0.2, -0.15) is 0 Å². The SMILES string of the molecule is C1CCS2(CC1)CCCC2. The Balaban J connectivity index is 1.98. The van der Waals surface area contributed by atoms with Crippen LogP contribution >= 0.6 is 10.0 Å². The second kappa shape index (κ2) is 2.77. The van der Waals surface area contributed by atoms with E-state index in [0.717, 1.165) is 0 Å². The molecule has 2 aliphatic heterocycles. The Bertz CT molecular complexity index is 106. The molecule has 2 fully saturated rings. The predicted molar refractivity (Wildman–Crippen MR) is 50.1 cm³/mol. The average molecular weight is 158 g/mol. The zero-order chi connectivity index (χ0) is 6.86. The summed E-state index contributed by atoms with van der Waals surface area (Å²) in [5, 5.41) is 0. The number of hydrogen-bond donors (Lipinski definition) is 0. The molecular formula is C9H18S. The van der Waals surface area contributed by atoms with Crippen LogP contribution in [0.4, 0.5) is 0 Å². The van der Waals surface area contributed by atoms with Gasteiger partial charge < -0.3 is 0 Å². The molecule has 0 nitrogen and oxygen atoms in total. The van der Waals surface area contributed by atoms with Crippen molar-refractivity contribution in [2.24, 2.45) is 0 Å². The van der Waals surface area contributed by atoms with Crippen LogP contribution in [-0.4, -0.2) is 23.0 Å². The van der Waals surface area contributed by atoms with E-state index in [1.807, 2.05) is 0 Å². The molecule has 0 aliphatic carbocycles. The number of rotatable bonds is 0. The van der Waals surface area contributed by atoms with E-state index in [9.17, 15) is 0 Å². The highest BCUT2D eigenvalue weighted by Crippen LogP contribution is 2.56. The highest BCUT2D eigenvalue weighted by Gasteiger charge is 2.29. The van der Waals surface area contributed by atoms with Gasteiger partial charge in [0.25, 0.3) is 0 Å². The van der Waals surface area contributed by atoms with Crippen LogP contribution in [-0.2, 0) is 0 Å². The third-order valence-electron chi connectivity index (χ3n) is 3.06. The molecule has 0 saturated carbocycles. The van der Waals surface area contributed by atoms with E-state index in [0.29, 0.717) is 0 Å². The maximum absolute atomic E-state index is 1.65. The van der Waals surface area contributed by atoms with Crippen molar-refractivity contribution in [3.05, 3.63) is 0 Å². The first-order valence-corrected chi connectivity index (χ1v) is 6.96. The molecule has 0 N–H and O–H groups in total. The van der Waals surface area contributed by atoms with Crippen LogP contribution in [0.3, 0.4) is 0 Å². The van der Waals surface area contributed by atoms with Crippen LogP contribution in [0, 0.1) is 0 Å². The molecule has 2 saturated heterocycles. The molecule has 10 heavy (non-hydrogen) atoms. The maximum Gasteiger partial charge on any atom is -0.0227 e. The van der Waals surface area contributed by atoms with Gasteiger partial charge in [0.05, 0.1) is 0 Å². The average Bonchev–Trinajstić information content (AvgIpc) is 2.39. The summed E-state index contributed by atoms with van der Waals surface area (Å²) in [6, 6.07) is 0. The van der Waals surface area contributed by atoms with Crippen LogP contribution in [0.1, 0.15) is 32.1 Å². The van der Waals surface area contributed by atoms with E-state index >= 15 is 0 Å². The van der Waals surface area contributed by atoms with E-state index in [2.05, 4.69) is 0 Å². The van der Waals surface area contributed by atoms with Crippen LogP contribution < -0.4 is 0 Å². The van der Waals surface area contributed by atoms with Gasteiger partial charge in [0.1, 0.15) is 0 Å². The quantitative estimate of drug-likeness (QED) is 0.508. The lowest BCUT2D eigenvalue weighted by molar-refractivity contribution is 0.753. The zero-order valence-corrected chi connectivity index (χ0v) is 7.59. The maximum atomic E-state index is 1.65. The topological polar surface area (TPSA) is 0 Å². The van der Waals surface area contributed by atoms with Gasteiger partial charge in [0.15, 0.2) is 0 Å². The molecule has 0 aromatic heterocycles. The molecule has 0 atom stereocenters. The van der Waals surface area contributed by atoms with Crippen LogP contribution in [0.25, 0.3) is 0 Å². The summed E-state index contributed by atoms with van der Waals surface area (Å²) in [5.41, 5.74) is 0. The molecule has 0 bridgehead atoms. The molecule has 0 amide bonds. The lowest BCUT2D eigenvalue weighted by atomic mass is 10.3. The van der Waals surface area contributed by atoms with E-state index < -0.39 is 0 Å². The minimum absolute atomic E-state index is 0.0376. The minimum atomic E-state index is 0.0376. The molecule has 2 heterocycles. The summed E-state index contributed by atoms with van der Waals surface area (Å²) in [4.78, 5) is 0. The lowest BCUT2D eigenvalue weighted by Gasteiger charge is -2.39. The van der Waals surface area contributed by atoms with Crippen molar-refractivity contribution in [1.29, 1.82) is 0 Å². The molecule has 0 unspecified atom stereocenters. The van der Waals surface area contributed by atoms with E-state index in [1.54, 1.807) is 48.7 Å². The van der Waals surface area contributed by atoms with Gasteiger partial charge in [-0.05, 0) is 48.7 Å². The van der Waals surface area contributed by atoms with Crippen molar-refractivity contribution in [2.45, 2.75) is 32.1 Å². The van der Waals surface area contributed by atoms with Gasteiger partial charge in [-0.1, -0.05) is 6.42 Å². The van der Waals surface area contributed by atoms with Crippen molar-refractivity contribution in [3.63, 3.8) is 0 Å². The van der Waals surface area contributed by atoms with Crippen molar-refractivity contribution < 1.29 is 0 Å². The Morgan fingerprint density at radius 3 is 1.40 bits per heavy atom. The van der Waals surface area contributed by atoms with Gasteiger partial charge in [-0.15, -0.1) is 0 Å². The first-order chi connectivity index (χ1) is 4.91. The molecule has 1 heteroatoms. The highest BCUT2D eigenvalue weighted by molar-refractivity contribution is 8.33. The molecule has 0 radical (unpaired) electrons. The molecule has 2 aliphatic rings. The van der Waals surface area contributed by atoms with E-state index in [1.165, 1.54) is 6.42 Å². The summed E-state index contributed by atoms with van der Waals surface area (Å²) in [7, 11) is 0.0376. The van der Waals surface area contributed by atoms with Crippen LogP contribution in [0.15, 0.2) is 0 Å². The van der Waals surface area contributed by atoms with Gasteiger partial charge in [0.2, 0.25) is 0 Å². The molecule has 0 aromatic rings. The van der Waals surface area contributed by atoms with Gasteiger partial charge in [-0.3, -0.25) is 0 Å². The Labute approximate surface area is 65.7 Å². The van der Waals surface area contributed by atoms with Crippen molar-refractivity contribution in [1.82, 2.24) is 0 Å². The Hall–Kier alpha value is 0.350. The third kappa shape index (κ3) is 1.20. The molecule has 60 valence electrons. The van der Waals surface area contributed by atoms with Gasteiger partial charge >= 0.3 is 0 Å². The fraction of sp³-hybridized carbons (Fsp3) is 1.00.